The number of thioether (sulfide) groups is 1. The van der Waals surface area contributed by atoms with Gasteiger partial charge in [0.25, 0.3) is 0 Å². The van der Waals surface area contributed by atoms with Crippen molar-refractivity contribution >= 4 is 33.6 Å². The van der Waals surface area contributed by atoms with Gasteiger partial charge in [0.15, 0.2) is 5.58 Å². The molecule has 0 amide bonds. The van der Waals surface area contributed by atoms with Gasteiger partial charge in [0, 0.05) is 17.2 Å². The third kappa shape index (κ3) is 2.78. The second-order valence-electron chi connectivity index (χ2n) is 5.34. The topological polar surface area (TPSA) is 35.1 Å². The second kappa shape index (κ2) is 5.97. The number of fused-ring (bicyclic) bond motifs is 2. The van der Waals surface area contributed by atoms with E-state index in [0.29, 0.717) is 12.1 Å². The molecule has 0 N–H and O–H groups in total. The van der Waals surface area contributed by atoms with Crippen molar-refractivity contribution in [3.05, 3.63) is 77.3 Å². The van der Waals surface area contributed by atoms with Crippen molar-refractivity contribution in [3.63, 3.8) is 0 Å². The summed E-state index contributed by atoms with van der Waals surface area (Å²) in [7, 11) is 0. The molecule has 1 aromatic heterocycles. The first-order valence-corrected chi connectivity index (χ1v) is 8.50. The van der Waals surface area contributed by atoms with Crippen LogP contribution in [0.3, 0.4) is 0 Å². The van der Waals surface area contributed by atoms with Crippen LogP contribution in [0.2, 0.25) is 0 Å². The van der Waals surface area contributed by atoms with Gasteiger partial charge in [0.1, 0.15) is 0 Å². The van der Waals surface area contributed by atoms with Crippen molar-refractivity contribution in [1.29, 1.82) is 0 Å². The Morgan fingerprint density at radius 2 is 1.70 bits per heavy atom. The fourth-order valence-corrected chi connectivity index (χ4v) is 3.62. The molecule has 0 saturated carbocycles. The van der Waals surface area contributed by atoms with Gasteiger partial charge in [-0.15, -0.1) is 11.8 Å². The van der Waals surface area contributed by atoms with Crippen molar-refractivity contribution in [3.8, 4) is 0 Å². The van der Waals surface area contributed by atoms with Crippen LogP contribution in [0.4, 0.5) is 0 Å². The van der Waals surface area contributed by atoms with Crippen LogP contribution in [0.1, 0.15) is 0 Å². The van der Waals surface area contributed by atoms with E-state index in [-0.39, 0.29) is 5.76 Å². The number of hydrogen-bond acceptors (Lipinski definition) is 3. The molecule has 0 bridgehead atoms. The quantitative estimate of drug-likeness (QED) is 0.518. The van der Waals surface area contributed by atoms with Crippen molar-refractivity contribution in [2.45, 2.75) is 11.4 Å². The smallest absolute Gasteiger partial charge is 0.408 e. The van der Waals surface area contributed by atoms with E-state index in [1.54, 1.807) is 16.3 Å². The summed E-state index contributed by atoms with van der Waals surface area (Å²) in [6, 6.07) is 22.3. The van der Waals surface area contributed by atoms with E-state index in [0.717, 1.165) is 11.3 Å². The van der Waals surface area contributed by atoms with E-state index < -0.39 is 0 Å². The highest BCUT2D eigenvalue weighted by atomic mass is 32.2. The summed E-state index contributed by atoms with van der Waals surface area (Å²) in [6.45, 7) is 0.632. The average molecular weight is 321 g/mol. The third-order valence-electron chi connectivity index (χ3n) is 3.88. The number of aryl methyl sites for hydroxylation is 1. The number of aromatic nitrogens is 1. The maximum absolute atomic E-state index is 11.9. The SMILES string of the molecule is O=c1oc2ccccc2n1CCSc1ccc2ccccc2c1. The average Bonchev–Trinajstić information content (AvgIpc) is 2.90. The van der Waals surface area contributed by atoms with Crippen molar-refractivity contribution in [2.24, 2.45) is 0 Å². The predicted octanol–water partition coefficient (Wildman–Crippen LogP) is 4.54. The number of hydrogen-bond donors (Lipinski definition) is 0. The first-order chi connectivity index (χ1) is 11.3. The molecule has 0 radical (unpaired) electrons. The molecule has 23 heavy (non-hydrogen) atoms. The molecule has 4 rings (SSSR count). The van der Waals surface area contributed by atoms with E-state index in [4.69, 9.17) is 4.42 Å². The Labute approximate surface area is 137 Å². The van der Waals surface area contributed by atoms with Crippen LogP contribution in [-0.2, 0) is 6.54 Å². The predicted molar refractivity (Wildman–Crippen MR) is 95.1 cm³/mol. The maximum atomic E-state index is 11.9. The Kier molecular flexibility index (Phi) is 3.67. The lowest BCUT2D eigenvalue weighted by molar-refractivity contribution is 0.514. The van der Waals surface area contributed by atoms with E-state index in [2.05, 4.69) is 30.3 Å². The van der Waals surface area contributed by atoms with E-state index in [9.17, 15) is 4.79 Å². The molecule has 0 aliphatic carbocycles. The largest absolute Gasteiger partial charge is 0.419 e. The Balaban J connectivity index is 1.52. The Morgan fingerprint density at radius 1 is 0.913 bits per heavy atom. The van der Waals surface area contributed by atoms with Crippen LogP contribution >= 0.6 is 11.8 Å². The fraction of sp³-hybridized carbons (Fsp3) is 0.105. The van der Waals surface area contributed by atoms with Crippen LogP contribution in [-0.4, -0.2) is 10.3 Å². The zero-order valence-corrected chi connectivity index (χ0v) is 13.3. The minimum atomic E-state index is -0.287. The molecule has 0 saturated heterocycles. The molecule has 114 valence electrons. The van der Waals surface area contributed by atoms with Gasteiger partial charge in [-0.1, -0.05) is 42.5 Å². The number of nitrogens with zero attached hydrogens (tertiary/aromatic N) is 1. The van der Waals surface area contributed by atoms with E-state index >= 15 is 0 Å². The molecule has 0 atom stereocenters. The Morgan fingerprint density at radius 3 is 2.61 bits per heavy atom. The molecular weight excluding hydrogens is 306 g/mol. The van der Waals surface area contributed by atoms with Crippen LogP contribution in [0.25, 0.3) is 21.9 Å². The van der Waals surface area contributed by atoms with E-state index in [1.165, 1.54) is 15.7 Å². The van der Waals surface area contributed by atoms with E-state index in [1.807, 2.05) is 36.4 Å². The lowest BCUT2D eigenvalue weighted by Gasteiger charge is -2.04. The maximum Gasteiger partial charge on any atom is 0.419 e. The molecule has 0 aliphatic rings. The zero-order chi connectivity index (χ0) is 15.6. The molecule has 1 heterocycles. The van der Waals surface area contributed by atoms with Crippen LogP contribution in [0, 0.1) is 0 Å². The molecule has 0 fully saturated rings. The van der Waals surface area contributed by atoms with Gasteiger partial charge >= 0.3 is 5.76 Å². The lowest BCUT2D eigenvalue weighted by atomic mass is 10.1. The molecule has 3 nitrogen and oxygen atoms in total. The monoisotopic (exact) mass is 321 g/mol. The fourth-order valence-electron chi connectivity index (χ4n) is 2.74. The molecule has 4 aromatic rings. The van der Waals surface area contributed by atoms with Gasteiger partial charge in [-0.3, -0.25) is 4.57 Å². The Bertz CT molecular complexity index is 1030. The summed E-state index contributed by atoms with van der Waals surface area (Å²) in [5.74, 6) is 0.534. The molecule has 3 aromatic carbocycles. The van der Waals surface area contributed by atoms with Gasteiger partial charge in [-0.05, 0) is 35.0 Å². The standard InChI is InChI=1S/C19H15NO2S/c21-19-20(17-7-3-4-8-18(17)22-19)11-12-23-16-10-9-14-5-1-2-6-15(14)13-16/h1-10,13H,11-12H2. The van der Waals surface area contributed by atoms with Gasteiger partial charge in [-0.25, -0.2) is 4.79 Å². The van der Waals surface area contributed by atoms with Crippen molar-refractivity contribution in [1.82, 2.24) is 4.57 Å². The van der Waals surface area contributed by atoms with Crippen LogP contribution in [0.5, 0.6) is 0 Å². The minimum absolute atomic E-state index is 0.287. The van der Waals surface area contributed by atoms with Gasteiger partial charge in [-0.2, -0.15) is 0 Å². The van der Waals surface area contributed by atoms with Crippen LogP contribution < -0.4 is 5.76 Å². The summed E-state index contributed by atoms with van der Waals surface area (Å²) in [6.07, 6.45) is 0. The van der Waals surface area contributed by atoms with Crippen molar-refractivity contribution < 1.29 is 4.42 Å². The summed E-state index contributed by atoms with van der Waals surface area (Å²) in [4.78, 5) is 13.2. The van der Waals surface area contributed by atoms with Gasteiger partial charge < -0.3 is 4.42 Å². The lowest BCUT2D eigenvalue weighted by Crippen LogP contribution is -2.15. The minimum Gasteiger partial charge on any atom is -0.408 e. The summed E-state index contributed by atoms with van der Waals surface area (Å²) in [5, 5.41) is 2.48. The normalized spacial score (nSPS) is 11.3. The third-order valence-corrected chi connectivity index (χ3v) is 4.85. The van der Waals surface area contributed by atoms with Gasteiger partial charge in [0.2, 0.25) is 0 Å². The second-order valence-corrected chi connectivity index (χ2v) is 6.51. The van der Waals surface area contributed by atoms with Gasteiger partial charge in [0.05, 0.1) is 5.52 Å². The molecule has 0 aliphatic heterocycles. The number of oxazole rings is 1. The molecule has 4 heteroatoms. The highest BCUT2D eigenvalue weighted by Gasteiger charge is 2.08. The number of para-hydroxylation sites is 2. The summed E-state index contributed by atoms with van der Waals surface area (Å²) < 4.78 is 6.96. The molecule has 0 spiro atoms. The van der Waals surface area contributed by atoms with Crippen LogP contribution in [0.15, 0.2) is 80.8 Å². The van der Waals surface area contributed by atoms with Crippen molar-refractivity contribution in [2.75, 3.05) is 5.75 Å². The Hall–Kier alpha value is -2.46. The molecular formula is C19H15NO2S. The number of rotatable bonds is 4. The molecule has 0 unspecified atom stereocenters. The first-order valence-electron chi connectivity index (χ1n) is 7.51. The summed E-state index contributed by atoms with van der Waals surface area (Å²) >= 11 is 1.75. The zero-order valence-electron chi connectivity index (χ0n) is 12.4. The first kappa shape index (κ1) is 14.2. The summed E-state index contributed by atoms with van der Waals surface area (Å²) in [5.41, 5.74) is 1.50. The number of benzene rings is 3. The highest BCUT2D eigenvalue weighted by molar-refractivity contribution is 7.99. The highest BCUT2D eigenvalue weighted by Crippen LogP contribution is 2.24.